The maximum absolute atomic E-state index is 13.1. The largest absolute Gasteiger partial charge is 0.481 e. The van der Waals surface area contributed by atoms with E-state index < -0.39 is 11.4 Å². The van der Waals surface area contributed by atoms with Crippen LogP contribution in [0.2, 0.25) is 0 Å². The van der Waals surface area contributed by atoms with Crippen LogP contribution in [0.25, 0.3) is 0 Å². The molecule has 26 heavy (non-hydrogen) atoms. The summed E-state index contributed by atoms with van der Waals surface area (Å²) in [5.74, 6) is 0.378. The molecule has 0 unspecified atom stereocenters. The van der Waals surface area contributed by atoms with Gasteiger partial charge in [-0.25, -0.2) is 4.39 Å². The van der Waals surface area contributed by atoms with E-state index in [1.807, 2.05) is 0 Å². The van der Waals surface area contributed by atoms with E-state index in [-0.39, 0.29) is 18.1 Å². The van der Waals surface area contributed by atoms with Gasteiger partial charge in [0.05, 0.1) is 11.8 Å². The van der Waals surface area contributed by atoms with Crippen molar-refractivity contribution in [2.24, 2.45) is 5.41 Å². The van der Waals surface area contributed by atoms with E-state index in [1.54, 1.807) is 22.9 Å². The van der Waals surface area contributed by atoms with Gasteiger partial charge in [0.15, 0.2) is 0 Å². The highest BCUT2D eigenvalue weighted by Crippen LogP contribution is 2.39. The van der Waals surface area contributed by atoms with Gasteiger partial charge in [0.1, 0.15) is 5.82 Å². The minimum Gasteiger partial charge on any atom is -0.481 e. The average molecular weight is 400 g/mol. The number of carbonyl (C=O) groups is 2. The van der Waals surface area contributed by atoms with Crippen molar-refractivity contribution in [2.45, 2.75) is 44.9 Å². The first-order valence-electron chi connectivity index (χ1n) is 9.01. The van der Waals surface area contributed by atoms with Crippen molar-refractivity contribution < 1.29 is 19.1 Å². The maximum atomic E-state index is 13.1. The molecule has 1 aliphatic carbocycles. The van der Waals surface area contributed by atoms with E-state index in [9.17, 15) is 14.0 Å². The molecule has 0 atom stereocenters. The van der Waals surface area contributed by atoms with Gasteiger partial charge in [0, 0.05) is 18.1 Å². The van der Waals surface area contributed by atoms with Crippen LogP contribution in [0.15, 0.2) is 24.3 Å². The third-order valence-electron chi connectivity index (χ3n) is 4.70. The Bertz CT molecular complexity index is 589. The van der Waals surface area contributed by atoms with Crippen LogP contribution < -0.4 is 5.32 Å². The van der Waals surface area contributed by atoms with E-state index in [0.717, 1.165) is 43.4 Å². The molecule has 0 aromatic heterocycles. The zero-order valence-electron chi connectivity index (χ0n) is 14.8. The highest BCUT2D eigenvalue weighted by Gasteiger charge is 2.39. The summed E-state index contributed by atoms with van der Waals surface area (Å²) in [4.78, 5) is 23.3. The zero-order chi connectivity index (χ0) is 18.8. The Hall–Kier alpha value is -1.21. The molecule has 1 aromatic carbocycles. The predicted octanol–water partition coefficient (Wildman–Crippen LogP) is 4.29. The number of benzene rings is 1. The highest BCUT2D eigenvalue weighted by atomic mass is 33.1. The monoisotopic (exact) mass is 399 g/mol. The molecular weight excluding hydrogens is 373 g/mol. The average Bonchev–Trinajstić information content (AvgIpc) is 2.63. The van der Waals surface area contributed by atoms with E-state index in [0.29, 0.717) is 18.7 Å². The van der Waals surface area contributed by atoms with Gasteiger partial charge in [-0.15, -0.1) is 0 Å². The molecule has 144 valence electrons. The number of aliphatic carboxylic acids is 1. The number of carboxylic acids is 1. The first-order chi connectivity index (χ1) is 12.5. The Morgan fingerprint density at radius 2 is 1.73 bits per heavy atom. The standard InChI is InChI=1S/C19H26FNO3S2/c20-16-6-4-15(5-7-16)14-19(9-2-1-3-10-19)18(24)21-11-13-26-25-12-8-17(22)23/h4-7H,1-3,8-14H2,(H,21,24)(H,22,23). The summed E-state index contributed by atoms with van der Waals surface area (Å²) in [5, 5.41) is 11.7. The predicted molar refractivity (Wildman–Crippen MR) is 106 cm³/mol. The molecule has 4 nitrogen and oxygen atoms in total. The molecule has 2 N–H and O–H groups in total. The lowest BCUT2D eigenvalue weighted by Crippen LogP contribution is -2.44. The lowest BCUT2D eigenvalue weighted by molar-refractivity contribution is -0.136. The normalized spacial score (nSPS) is 16.2. The van der Waals surface area contributed by atoms with E-state index in [4.69, 9.17) is 5.11 Å². The highest BCUT2D eigenvalue weighted by molar-refractivity contribution is 8.76. The summed E-state index contributed by atoms with van der Waals surface area (Å²) < 4.78 is 13.1. The second-order valence-electron chi connectivity index (χ2n) is 6.69. The number of nitrogens with one attached hydrogen (secondary N) is 1. The SMILES string of the molecule is O=C(O)CCSSCCNC(=O)C1(Cc2ccc(F)cc2)CCCCC1. The molecule has 1 aliphatic rings. The van der Waals surface area contributed by atoms with Gasteiger partial charge in [-0.1, -0.05) is 53.0 Å². The Balaban J connectivity index is 1.82. The fourth-order valence-electron chi connectivity index (χ4n) is 3.35. The van der Waals surface area contributed by atoms with Crippen molar-refractivity contribution in [1.29, 1.82) is 0 Å². The van der Waals surface area contributed by atoms with E-state index in [1.165, 1.54) is 22.9 Å². The van der Waals surface area contributed by atoms with Crippen molar-refractivity contribution in [3.8, 4) is 0 Å². The summed E-state index contributed by atoms with van der Waals surface area (Å²) in [6.07, 6.45) is 5.81. The second-order valence-corrected chi connectivity index (χ2v) is 9.39. The summed E-state index contributed by atoms with van der Waals surface area (Å²) in [6.45, 7) is 0.578. The molecule has 0 saturated heterocycles. The second kappa shape index (κ2) is 10.8. The van der Waals surface area contributed by atoms with Crippen LogP contribution >= 0.6 is 21.6 Å². The van der Waals surface area contributed by atoms with Crippen LogP contribution in [0.5, 0.6) is 0 Å². The first kappa shape index (κ1) is 21.1. The molecule has 0 bridgehead atoms. The Morgan fingerprint density at radius 1 is 1.08 bits per heavy atom. The molecule has 0 aliphatic heterocycles. The number of carbonyl (C=O) groups excluding carboxylic acids is 1. The lowest BCUT2D eigenvalue weighted by Gasteiger charge is -2.36. The number of hydrogen-bond acceptors (Lipinski definition) is 4. The van der Waals surface area contributed by atoms with Gasteiger partial charge < -0.3 is 10.4 Å². The van der Waals surface area contributed by atoms with E-state index >= 15 is 0 Å². The van der Waals surface area contributed by atoms with Crippen molar-refractivity contribution in [2.75, 3.05) is 18.1 Å². The van der Waals surface area contributed by atoms with Crippen LogP contribution in [-0.4, -0.2) is 35.0 Å². The molecule has 1 saturated carbocycles. The van der Waals surface area contributed by atoms with Gasteiger partial charge in [0.25, 0.3) is 0 Å². The molecule has 2 rings (SSSR count). The number of halogens is 1. The number of hydrogen-bond donors (Lipinski definition) is 2. The smallest absolute Gasteiger partial charge is 0.304 e. The van der Waals surface area contributed by atoms with Crippen LogP contribution in [0, 0.1) is 11.2 Å². The van der Waals surface area contributed by atoms with Crippen LogP contribution in [0.1, 0.15) is 44.1 Å². The van der Waals surface area contributed by atoms with Gasteiger partial charge in [-0.3, -0.25) is 9.59 Å². The number of carboxylic acid groups (broad SMARTS) is 1. The molecule has 0 spiro atoms. The quantitative estimate of drug-likeness (QED) is 0.454. The van der Waals surface area contributed by atoms with Gasteiger partial charge in [-0.2, -0.15) is 0 Å². The zero-order valence-corrected chi connectivity index (χ0v) is 16.5. The van der Waals surface area contributed by atoms with Crippen LogP contribution in [0.3, 0.4) is 0 Å². The number of rotatable bonds is 10. The Kier molecular flexibility index (Phi) is 8.78. The summed E-state index contributed by atoms with van der Waals surface area (Å²) in [6, 6.07) is 6.45. The van der Waals surface area contributed by atoms with Crippen molar-refractivity contribution in [1.82, 2.24) is 5.32 Å². The lowest BCUT2D eigenvalue weighted by atomic mass is 9.69. The summed E-state index contributed by atoms with van der Waals surface area (Å²) >= 11 is 0. The van der Waals surface area contributed by atoms with Gasteiger partial charge >= 0.3 is 5.97 Å². The molecular formula is C19H26FNO3S2. The molecule has 1 fully saturated rings. The third-order valence-corrected chi connectivity index (χ3v) is 7.11. The molecule has 1 amide bonds. The van der Waals surface area contributed by atoms with Crippen molar-refractivity contribution >= 4 is 33.5 Å². The fraction of sp³-hybridized carbons (Fsp3) is 0.579. The third kappa shape index (κ3) is 6.83. The number of amides is 1. The Labute approximate surface area is 162 Å². The molecule has 1 aromatic rings. The molecule has 7 heteroatoms. The molecule has 0 heterocycles. The molecule has 0 radical (unpaired) electrons. The van der Waals surface area contributed by atoms with Crippen molar-refractivity contribution in [3.05, 3.63) is 35.6 Å². The maximum Gasteiger partial charge on any atom is 0.304 e. The van der Waals surface area contributed by atoms with Crippen molar-refractivity contribution in [3.63, 3.8) is 0 Å². The van der Waals surface area contributed by atoms with Crippen LogP contribution in [0.4, 0.5) is 4.39 Å². The van der Waals surface area contributed by atoms with E-state index in [2.05, 4.69) is 5.32 Å². The topological polar surface area (TPSA) is 66.4 Å². The Morgan fingerprint density at radius 3 is 2.38 bits per heavy atom. The first-order valence-corrected chi connectivity index (χ1v) is 11.5. The fourth-order valence-corrected chi connectivity index (χ4v) is 5.23. The summed E-state index contributed by atoms with van der Waals surface area (Å²) in [5.41, 5.74) is 0.610. The van der Waals surface area contributed by atoms with Crippen LogP contribution in [-0.2, 0) is 16.0 Å². The van der Waals surface area contributed by atoms with Gasteiger partial charge in [-0.05, 0) is 37.0 Å². The summed E-state index contributed by atoms with van der Waals surface area (Å²) in [7, 11) is 3.11. The minimum absolute atomic E-state index is 0.0951. The minimum atomic E-state index is -0.786. The van der Waals surface area contributed by atoms with Gasteiger partial charge in [0.2, 0.25) is 5.91 Å².